The minimum absolute atomic E-state index is 0.243. The highest BCUT2D eigenvalue weighted by Crippen LogP contribution is 1.85. The summed E-state index contributed by atoms with van der Waals surface area (Å²) in [6.07, 6.45) is 0. The molecular weight excluding hydrogens is 186 g/mol. The molecule has 0 spiro atoms. The van der Waals surface area contributed by atoms with Gasteiger partial charge in [-0.1, -0.05) is 0 Å². The van der Waals surface area contributed by atoms with Crippen LogP contribution in [0.15, 0.2) is 0 Å². The van der Waals surface area contributed by atoms with E-state index in [9.17, 15) is 4.79 Å². The van der Waals surface area contributed by atoms with Crippen LogP contribution in [-0.4, -0.2) is 45.0 Å². The van der Waals surface area contributed by atoms with Gasteiger partial charge in [0.05, 0.1) is 19.8 Å². The molecule has 0 bridgehead atoms. The lowest BCUT2D eigenvalue weighted by atomic mass is 10.4. The van der Waals surface area contributed by atoms with Crippen molar-refractivity contribution >= 4 is 5.97 Å². The van der Waals surface area contributed by atoms with Gasteiger partial charge in [-0.2, -0.15) is 0 Å². The predicted molar refractivity (Wildman–Crippen MR) is 51.9 cm³/mol. The van der Waals surface area contributed by atoms with Crippen LogP contribution in [0.2, 0.25) is 0 Å². The number of carbonyl (C=O) groups is 1. The molecule has 2 N–H and O–H groups in total. The van der Waals surface area contributed by atoms with E-state index in [0.717, 1.165) is 0 Å². The molecule has 1 atom stereocenters. The van der Waals surface area contributed by atoms with E-state index in [1.54, 1.807) is 6.92 Å². The molecule has 0 heterocycles. The first-order valence-corrected chi connectivity index (χ1v) is 4.76. The number of hydrogen-bond donors (Lipinski definition) is 1. The van der Waals surface area contributed by atoms with Gasteiger partial charge in [-0.05, 0) is 13.8 Å². The molecule has 0 fully saturated rings. The maximum absolute atomic E-state index is 10.9. The number of ether oxygens (including phenoxy) is 3. The average molecular weight is 205 g/mol. The topological polar surface area (TPSA) is 70.8 Å². The second-order valence-electron chi connectivity index (χ2n) is 2.77. The summed E-state index contributed by atoms with van der Waals surface area (Å²) in [5.74, 6) is -0.404. The van der Waals surface area contributed by atoms with E-state index in [1.807, 2.05) is 6.92 Å². The van der Waals surface area contributed by atoms with Gasteiger partial charge >= 0.3 is 5.97 Å². The fourth-order valence-corrected chi connectivity index (χ4v) is 0.697. The molecule has 0 amide bonds. The van der Waals surface area contributed by atoms with E-state index in [-0.39, 0.29) is 6.61 Å². The molecule has 0 aliphatic carbocycles. The highest BCUT2D eigenvalue weighted by atomic mass is 16.6. The second kappa shape index (κ2) is 8.93. The third-order valence-corrected chi connectivity index (χ3v) is 1.42. The van der Waals surface area contributed by atoms with Gasteiger partial charge in [-0.15, -0.1) is 0 Å². The zero-order valence-corrected chi connectivity index (χ0v) is 8.82. The lowest BCUT2D eigenvalue weighted by molar-refractivity contribution is -0.146. The number of rotatable bonds is 8. The zero-order valence-electron chi connectivity index (χ0n) is 8.82. The van der Waals surface area contributed by atoms with Crippen molar-refractivity contribution in [3.63, 3.8) is 0 Å². The number of esters is 1. The molecular formula is C9H19NO4. The Bertz CT molecular complexity index is 150. The molecule has 0 saturated heterocycles. The first-order valence-electron chi connectivity index (χ1n) is 4.76. The number of hydrogen-bond acceptors (Lipinski definition) is 5. The van der Waals surface area contributed by atoms with Crippen molar-refractivity contribution in [2.24, 2.45) is 5.73 Å². The van der Waals surface area contributed by atoms with Crippen molar-refractivity contribution in [1.82, 2.24) is 0 Å². The first kappa shape index (κ1) is 13.4. The van der Waals surface area contributed by atoms with Crippen molar-refractivity contribution < 1.29 is 19.0 Å². The van der Waals surface area contributed by atoms with Gasteiger partial charge in [-0.25, -0.2) is 0 Å². The highest BCUT2D eigenvalue weighted by Gasteiger charge is 2.07. The van der Waals surface area contributed by atoms with Crippen LogP contribution < -0.4 is 5.73 Å². The molecule has 0 rings (SSSR count). The smallest absolute Gasteiger partial charge is 0.322 e. The molecule has 0 aliphatic heterocycles. The van der Waals surface area contributed by atoms with Crippen molar-refractivity contribution in [1.29, 1.82) is 0 Å². The van der Waals surface area contributed by atoms with E-state index >= 15 is 0 Å². The fraction of sp³-hybridized carbons (Fsp3) is 0.889. The summed E-state index contributed by atoms with van der Waals surface area (Å²) < 4.78 is 14.9. The summed E-state index contributed by atoms with van der Waals surface area (Å²) in [7, 11) is 0. The third-order valence-electron chi connectivity index (χ3n) is 1.42. The Labute approximate surface area is 84.5 Å². The highest BCUT2D eigenvalue weighted by molar-refractivity contribution is 5.74. The summed E-state index contributed by atoms with van der Waals surface area (Å²) in [6, 6.07) is -0.571. The molecule has 0 aromatic rings. The van der Waals surface area contributed by atoms with Gasteiger partial charge in [0.2, 0.25) is 0 Å². The van der Waals surface area contributed by atoms with E-state index in [2.05, 4.69) is 0 Å². The molecule has 14 heavy (non-hydrogen) atoms. The summed E-state index contributed by atoms with van der Waals surface area (Å²) in [4.78, 5) is 10.9. The summed E-state index contributed by atoms with van der Waals surface area (Å²) in [5.41, 5.74) is 5.28. The van der Waals surface area contributed by atoms with Crippen LogP contribution >= 0.6 is 0 Å². The van der Waals surface area contributed by atoms with Gasteiger partial charge in [0.1, 0.15) is 12.6 Å². The van der Waals surface area contributed by atoms with Crippen LogP contribution in [0, 0.1) is 0 Å². The summed E-state index contributed by atoms with van der Waals surface area (Å²) >= 11 is 0. The van der Waals surface area contributed by atoms with Crippen LogP contribution in [0.25, 0.3) is 0 Å². The van der Waals surface area contributed by atoms with Gasteiger partial charge in [0.15, 0.2) is 0 Å². The van der Waals surface area contributed by atoms with E-state index in [0.29, 0.717) is 26.4 Å². The Morgan fingerprint density at radius 1 is 1.21 bits per heavy atom. The first-order chi connectivity index (χ1) is 6.68. The lowest BCUT2D eigenvalue weighted by Crippen LogP contribution is -2.29. The van der Waals surface area contributed by atoms with Crippen LogP contribution in [0.1, 0.15) is 13.8 Å². The minimum Gasteiger partial charge on any atom is -0.462 e. The maximum Gasteiger partial charge on any atom is 0.322 e. The molecule has 0 radical (unpaired) electrons. The molecule has 1 unspecified atom stereocenters. The SMILES string of the molecule is CCOCCOCCOC(=O)C(C)N. The quantitative estimate of drug-likeness (QED) is 0.443. The minimum atomic E-state index is -0.571. The second-order valence-corrected chi connectivity index (χ2v) is 2.77. The Morgan fingerprint density at radius 3 is 2.36 bits per heavy atom. The van der Waals surface area contributed by atoms with Crippen molar-refractivity contribution in [2.45, 2.75) is 19.9 Å². The number of nitrogens with two attached hydrogens (primary N) is 1. The molecule has 0 aliphatic rings. The fourth-order valence-electron chi connectivity index (χ4n) is 0.697. The average Bonchev–Trinajstić information content (AvgIpc) is 2.16. The Balaban J connectivity index is 3.10. The molecule has 0 aromatic carbocycles. The van der Waals surface area contributed by atoms with Gasteiger partial charge in [0.25, 0.3) is 0 Å². The van der Waals surface area contributed by atoms with Crippen LogP contribution in [0.3, 0.4) is 0 Å². The molecule has 0 aromatic heterocycles. The molecule has 5 nitrogen and oxygen atoms in total. The van der Waals surface area contributed by atoms with E-state index in [1.165, 1.54) is 0 Å². The normalized spacial score (nSPS) is 12.5. The van der Waals surface area contributed by atoms with Crippen molar-refractivity contribution in [3.8, 4) is 0 Å². The van der Waals surface area contributed by atoms with Crippen molar-refractivity contribution in [2.75, 3.05) is 33.0 Å². The standard InChI is InChI=1S/C9H19NO4/c1-3-12-4-5-13-6-7-14-9(11)8(2)10/h8H,3-7,10H2,1-2H3. The molecule has 84 valence electrons. The predicted octanol–water partition coefficient (Wildman–Crippen LogP) is -0.0701. The van der Waals surface area contributed by atoms with Crippen LogP contribution in [0.4, 0.5) is 0 Å². The monoisotopic (exact) mass is 205 g/mol. The Hall–Kier alpha value is -0.650. The summed E-state index contributed by atoms with van der Waals surface area (Å²) in [6.45, 7) is 5.89. The Morgan fingerprint density at radius 2 is 1.79 bits per heavy atom. The molecule has 5 heteroatoms. The van der Waals surface area contributed by atoms with Gasteiger partial charge in [0, 0.05) is 6.61 Å². The Kier molecular flexibility index (Phi) is 8.51. The van der Waals surface area contributed by atoms with Gasteiger partial charge in [-0.3, -0.25) is 4.79 Å². The van der Waals surface area contributed by atoms with E-state index in [4.69, 9.17) is 19.9 Å². The largest absolute Gasteiger partial charge is 0.462 e. The molecule has 0 saturated carbocycles. The van der Waals surface area contributed by atoms with Crippen LogP contribution in [-0.2, 0) is 19.0 Å². The van der Waals surface area contributed by atoms with Crippen LogP contribution in [0.5, 0.6) is 0 Å². The number of carbonyl (C=O) groups excluding carboxylic acids is 1. The van der Waals surface area contributed by atoms with Gasteiger partial charge < -0.3 is 19.9 Å². The lowest BCUT2D eigenvalue weighted by Gasteiger charge is -2.07. The van der Waals surface area contributed by atoms with E-state index < -0.39 is 12.0 Å². The third kappa shape index (κ3) is 7.97. The summed E-state index contributed by atoms with van der Waals surface area (Å²) in [5, 5.41) is 0. The van der Waals surface area contributed by atoms with Crippen molar-refractivity contribution in [3.05, 3.63) is 0 Å². The zero-order chi connectivity index (χ0) is 10.8. The maximum atomic E-state index is 10.9.